The summed E-state index contributed by atoms with van der Waals surface area (Å²) in [5.41, 5.74) is 14.4. The minimum absolute atomic E-state index is 0.169. The van der Waals surface area contributed by atoms with Crippen molar-refractivity contribution in [1.29, 1.82) is 0 Å². The van der Waals surface area contributed by atoms with Crippen LogP contribution in [0.3, 0.4) is 0 Å². The zero-order valence-electron chi connectivity index (χ0n) is 27.9. The number of esters is 1. The van der Waals surface area contributed by atoms with Gasteiger partial charge in [-0.25, -0.2) is 4.79 Å². The second-order valence-corrected chi connectivity index (χ2v) is 12.1. The van der Waals surface area contributed by atoms with Crippen molar-refractivity contribution >= 4 is 11.9 Å². The number of aliphatic carboxylic acids is 1. The normalized spacial score (nSPS) is 13.6. The van der Waals surface area contributed by atoms with Crippen molar-refractivity contribution < 1.29 is 19.4 Å². The lowest BCUT2D eigenvalue weighted by atomic mass is 9.73. The van der Waals surface area contributed by atoms with Crippen LogP contribution in [0.25, 0.3) is 0 Å². The first-order valence-corrected chi connectivity index (χ1v) is 16.3. The van der Waals surface area contributed by atoms with Gasteiger partial charge in [-0.05, 0) is 79.8 Å². The van der Waals surface area contributed by atoms with Crippen LogP contribution in [0.5, 0.6) is 0 Å². The molecule has 2 unspecified atom stereocenters. The maximum absolute atomic E-state index is 13.3. The highest BCUT2D eigenvalue weighted by atomic mass is 16.5. The van der Waals surface area contributed by atoms with Crippen molar-refractivity contribution in [3.8, 4) is 0 Å². The molecule has 5 N–H and O–H groups in total. The van der Waals surface area contributed by atoms with Crippen LogP contribution in [-0.2, 0) is 33.8 Å². The average Bonchev–Trinajstić information content (AvgIpc) is 3.16. The van der Waals surface area contributed by atoms with Gasteiger partial charge in [0.05, 0.1) is 0 Å². The minimum atomic E-state index is -1.32. The van der Waals surface area contributed by atoms with Crippen molar-refractivity contribution in [3.05, 3.63) is 156 Å². The molecule has 0 amide bonds. The summed E-state index contributed by atoms with van der Waals surface area (Å²) in [5.74, 6) is -2.18. The molecule has 10 nitrogen and oxygen atoms in total. The number of hydrogen-bond acceptors (Lipinski definition) is 9. The molecule has 5 rings (SSSR count). The molecule has 0 aliphatic rings. The van der Waals surface area contributed by atoms with Crippen molar-refractivity contribution in [3.63, 3.8) is 0 Å². The number of pyridine rings is 4. The van der Waals surface area contributed by atoms with Gasteiger partial charge < -0.3 is 21.3 Å². The molecule has 0 spiro atoms. The molecule has 4 heterocycles. The number of carboxylic acids is 1. The molecule has 0 bridgehead atoms. The van der Waals surface area contributed by atoms with Crippen LogP contribution in [0.2, 0.25) is 0 Å². The molecule has 5 aromatic rings. The lowest BCUT2D eigenvalue weighted by Crippen LogP contribution is -2.57. The van der Waals surface area contributed by atoms with Gasteiger partial charge in [0.1, 0.15) is 17.7 Å². The second kappa shape index (κ2) is 17.7. The van der Waals surface area contributed by atoms with Crippen LogP contribution in [0, 0.1) is 0 Å². The highest BCUT2D eigenvalue weighted by Crippen LogP contribution is 2.37. The fraction of sp³-hybridized carbons (Fsp3) is 0.282. The third-order valence-corrected chi connectivity index (χ3v) is 8.79. The minimum Gasteiger partial charge on any atom is -0.480 e. The summed E-state index contributed by atoms with van der Waals surface area (Å²) in [6.07, 6.45) is 8.60. The van der Waals surface area contributed by atoms with Crippen molar-refractivity contribution in [2.24, 2.45) is 11.5 Å². The van der Waals surface area contributed by atoms with Crippen LogP contribution >= 0.6 is 0 Å². The Balaban J connectivity index is 0.000000230. The van der Waals surface area contributed by atoms with E-state index in [2.05, 4.69) is 19.9 Å². The monoisotopic (exact) mass is 660 g/mol. The Kier molecular flexibility index (Phi) is 13.2. The molecule has 49 heavy (non-hydrogen) atoms. The Morgan fingerprint density at radius 3 is 1.47 bits per heavy atom. The van der Waals surface area contributed by atoms with E-state index in [0.717, 1.165) is 28.3 Å². The zero-order valence-corrected chi connectivity index (χ0v) is 27.9. The number of hydrogen-bond donors (Lipinski definition) is 3. The first-order chi connectivity index (χ1) is 23.6. The number of aryl methyl sites for hydroxylation is 2. The Hall–Kier alpha value is -5.32. The molecule has 1 aromatic carbocycles. The number of nitrogens with zero attached hydrogens (tertiary/aromatic N) is 4. The average molecular weight is 661 g/mol. The fourth-order valence-electron chi connectivity index (χ4n) is 5.46. The summed E-state index contributed by atoms with van der Waals surface area (Å²) >= 11 is 0. The molecular formula is C39H44N6O4. The van der Waals surface area contributed by atoms with Crippen molar-refractivity contribution in [1.82, 2.24) is 19.9 Å². The van der Waals surface area contributed by atoms with E-state index in [1.165, 1.54) is 0 Å². The number of carboxylic acid groups (broad SMARTS) is 1. The molecule has 0 aliphatic carbocycles. The molecule has 10 heteroatoms. The van der Waals surface area contributed by atoms with Gasteiger partial charge >= 0.3 is 11.9 Å². The highest BCUT2D eigenvalue weighted by molar-refractivity contribution is 5.83. The molecule has 0 radical (unpaired) electrons. The number of ether oxygens (including phenoxy) is 1. The van der Waals surface area contributed by atoms with E-state index >= 15 is 0 Å². The van der Waals surface area contributed by atoms with E-state index in [1.54, 1.807) is 24.8 Å². The molecular weight excluding hydrogens is 616 g/mol. The smallest absolute Gasteiger partial charge is 0.327 e. The van der Waals surface area contributed by atoms with Crippen LogP contribution in [-0.4, -0.2) is 48.1 Å². The van der Waals surface area contributed by atoms with Crippen LogP contribution in [0.15, 0.2) is 128 Å². The van der Waals surface area contributed by atoms with E-state index < -0.39 is 23.0 Å². The number of nitrogens with two attached hydrogens (primary N) is 2. The van der Waals surface area contributed by atoms with Crippen LogP contribution in [0.1, 0.15) is 66.9 Å². The maximum Gasteiger partial charge on any atom is 0.327 e. The number of rotatable bonds is 14. The fourth-order valence-corrected chi connectivity index (χ4v) is 5.46. The van der Waals surface area contributed by atoms with E-state index in [4.69, 9.17) is 16.2 Å². The summed E-state index contributed by atoms with van der Waals surface area (Å²) in [7, 11) is 0. The largest absolute Gasteiger partial charge is 0.480 e. The Bertz CT molecular complexity index is 1620. The van der Waals surface area contributed by atoms with Gasteiger partial charge in [-0.2, -0.15) is 0 Å². The van der Waals surface area contributed by atoms with Crippen LogP contribution < -0.4 is 11.5 Å². The topological polar surface area (TPSA) is 167 Å². The third-order valence-electron chi connectivity index (χ3n) is 8.79. The first kappa shape index (κ1) is 36.5. The van der Waals surface area contributed by atoms with Crippen LogP contribution in [0.4, 0.5) is 0 Å². The molecule has 0 aliphatic heterocycles. The lowest BCUT2D eigenvalue weighted by Gasteiger charge is -2.37. The number of aromatic nitrogens is 4. The zero-order chi connectivity index (χ0) is 35.1. The van der Waals surface area contributed by atoms with Gasteiger partial charge in [-0.1, -0.05) is 68.4 Å². The standard InChI is InChI=1S/C23H25N3O2.C16H19N3O2/c1-17(20-12-6-8-14-25-20)23(24,18(2)21-13-7-9-15-26-21)22(27)28-16-19-10-4-3-5-11-19;17-16(15(20)21,9-7-13-5-1-3-11-18-13)10-8-14-6-2-4-12-19-14/h3-15,17-18H,16,24H2,1-2H3;1-6,11-12H,7-10,17H2,(H,20,21). The third kappa shape index (κ3) is 10.1. The van der Waals surface area contributed by atoms with E-state index in [-0.39, 0.29) is 18.4 Å². The summed E-state index contributed by atoms with van der Waals surface area (Å²) in [4.78, 5) is 42.0. The lowest BCUT2D eigenvalue weighted by molar-refractivity contribution is -0.153. The highest BCUT2D eigenvalue weighted by Gasteiger charge is 2.48. The molecule has 0 saturated carbocycles. The Morgan fingerprint density at radius 2 is 1.08 bits per heavy atom. The second-order valence-electron chi connectivity index (χ2n) is 12.1. The molecule has 254 valence electrons. The number of carbonyl (C=O) groups is 2. The van der Waals surface area contributed by atoms with E-state index in [1.807, 2.05) is 117 Å². The van der Waals surface area contributed by atoms with Crippen molar-refractivity contribution in [2.45, 2.75) is 69.1 Å². The summed E-state index contributed by atoms with van der Waals surface area (Å²) < 4.78 is 5.66. The number of carbonyl (C=O) groups excluding carboxylic acids is 1. The summed E-state index contributed by atoms with van der Waals surface area (Å²) in [6.45, 7) is 3.99. The molecule has 4 aromatic heterocycles. The van der Waals surface area contributed by atoms with Gasteiger partial charge in [0.25, 0.3) is 0 Å². The van der Waals surface area contributed by atoms with Gasteiger partial charge in [0, 0.05) is 59.4 Å². The first-order valence-electron chi connectivity index (χ1n) is 16.3. The summed E-state index contributed by atoms with van der Waals surface area (Å²) in [6, 6.07) is 32.0. The van der Waals surface area contributed by atoms with Crippen molar-refractivity contribution in [2.75, 3.05) is 0 Å². The van der Waals surface area contributed by atoms with E-state index in [9.17, 15) is 14.7 Å². The quantitative estimate of drug-likeness (QED) is 0.127. The van der Waals surface area contributed by atoms with E-state index in [0.29, 0.717) is 25.7 Å². The predicted molar refractivity (Wildman–Crippen MR) is 188 cm³/mol. The van der Waals surface area contributed by atoms with Gasteiger partial charge in [0.2, 0.25) is 0 Å². The Labute approximate surface area is 287 Å². The molecule has 2 atom stereocenters. The molecule has 0 saturated heterocycles. The predicted octanol–water partition coefficient (Wildman–Crippen LogP) is 5.65. The van der Waals surface area contributed by atoms with Gasteiger partial charge in [-0.15, -0.1) is 0 Å². The molecule has 0 fully saturated rings. The van der Waals surface area contributed by atoms with Gasteiger partial charge in [0.15, 0.2) is 0 Å². The maximum atomic E-state index is 13.3. The SMILES string of the molecule is CC(c1ccccn1)C(N)(C(=O)OCc1ccccc1)C(C)c1ccccn1.NC(CCc1ccccn1)(CCc1ccccn1)C(=O)O. The number of benzene rings is 1. The summed E-state index contributed by atoms with van der Waals surface area (Å²) in [5, 5.41) is 9.42. The van der Waals surface area contributed by atoms with Gasteiger partial charge in [-0.3, -0.25) is 24.7 Å². The Morgan fingerprint density at radius 1 is 0.653 bits per heavy atom.